The maximum atomic E-state index is 11.8. The lowest BCUT2D eigenvalue weighted by molar-refractivity contribution is -0.118. The van der Waals surface area contributed by atoms with Crippen molar-refractivity contribution in [2.45, 2.75) is 52.6 Å². The number of nitrogens with one attached hydrogen (secondary N) is 1. The van der Waals surface area contributed by atoms with Crippen LogP contribution in [0, 0.1) is 0 Å². The molecule has 1 amide bonds. The van der Waals surface area contributed by atoms with Gasteiger partial charge in [-0.25, -0.2) is 13.4 Å². The Morgan fingerprint density at radius 1 is 1.41 bits per heavy atom. The predicted octanol–water partition coefficient (Wildman–Crippen LogP) is 2.42. The molecule has 0 aliphatic carbocycles. The van der Waals surface area contributed by atoms with E-state index in [1.807, 2.05) is 20.8 Å². The van der Waals surface area contributed by atoms with Crippen LogP contribution < -0.4 is 4.72 Å². The molecule has 0 aliphatic rings. The van der Waals surface area contributed by atoms with Crippen LogP contribution in [0.5, 0.6) is 0 Å². The van der Waals surface area contributed by atoms with E-state index >= 15 is 0 Å². The van der Waals surface area contributed by atoms with Gasteiger partial charge in [0.2, 0.25) is 15.9 Å². The van der Waals surface area contributed by atoms with Gasteiger partial charge < -0.3 is 4.74 Å². The first-order chi connectivity index (χ1) is 10.4. The number of unbranched alkanes of at least 4 members (excludes halogenated alkanes) is 2. The van der Waals surface area contributed by atoms with Crippen LogP contribution in [0.1, 0.15) is 56.8 Å². The van der Waals surface area contributed by atoms with Crippen LogP contribution in [0.2, 0.25) is 0 Å². The van der Waals surface area contributed by atoms with Gasteiger partial charge in [0, 0.05) is 12.0 Å². The average molecular weight is 348 g/mol. The van der Waals surface area contributed by atoms with E-state index in [1.54, 1.807) is 5.38 Å². The zero-order valence-electron chi connectivity index (χ0n) is 13.3. The van der Waals surface area contributed by atoms with Gasteiger partial charge in [-0.3, -0.25) is 9.52 Å². The smallest absolute Gasteiger partial charge is 0.239 e. The van der Waals surface area contributed by atoms with Crippen molar-refractivity contribution in [2.24, 2.45) is 0 Å². The summed E-state index contributed by atoms with van der Waals surface area (Å²) in [4.78, 5) is 16.1. The molecule has 1 aromatic heterocycles. The number of hydrogen-bond acceptors (Lipinski definition) is 6. The summed E-state index contributed by atoms with van der Waals surface area (Å²) in [5.74, 6) is -0.562. The number of rotatable bonds is 10. The van der Waals surface area contributed by atoms with E-state index in [2.05, 4.69) is 9.71 Å². The molecule has 1 rings (SSSR count). The van der Waals surface area contributed by atoms with E-state index in [0.29, 0.717) is 18.7 Å². The standard InChI is InChI=1S/C14H24N2O4S2/c1-4-6-7-8-22(18,19)16-13(17)9-12-10-21-14(15-12)11(3)20-5-2/h10-11H,4-9H2,1-3H3,(H,16,17)/t11-/m1/s1. The second-order valence-corrected chi connectivity index (χ2v) is 7.73. The number of nitrogens with zero attached hydrogens (tertiary/aromatic N) is 1. The monoisotopic (exact) mass is 348 g/mol. The topological polar surface area (TPSA) is 85.4 Å². The molecule has 0 unspecified atom stereocenters. The largest absolute Gasteiger partial charge is 0.372 e. The molecule has 0 spiro atoms. The van der Waals surface area contributed by atoms with Crippen molar-refractivity contribution in [3.8, 4) is 0 Å². The Bertz CT molecular complexity index is 569. The number of carbonyl (C=O) groups excluding carboxylic acids is 1. The molecule has 126 valence electrons. The number of aromatic nitrogens is 1. The molecule has 0 aromatic carbocycles. The number of amides is 1. The fourth-order valence-electron chi connectivity index (χ4n) is 1.88. The molecule has 1 N–H and O–H groups in total. The summed E-state index contributed by atoms with van der Waals surface area (Å²) < 4.78 is 31.0. The first kappa shape index (κ1) is 19.1. The fraction of sp³-hybridized carbons (Fsp3) is 0.714. The Hall–Kier alpha value is -0.990. The molecule has 1 atom stereocenters. The minimum atomic E-state index is -3.54. The number of sulfonamides is 1. The Kier molecular flexibility index (Phi) is 7.98. The van der Waals surface area contributed by atoms with E-state index in [4.69, 9.17) is 4.74 Å². The third kappa shape index (κ3) is 6.85. The Morgan fingerprint density at radius 2 is 2.14 bits per heavy atom. The number of hydrogen-bond donors (Lipinski definition) is 1. The molecule has 0 bridgehead atoms. The third-order valence-corrected chi connectivity index (χ3v) is 5.38. The first-order valence-electron chi connectivity index (χ1n) is 7.47. The second kappa shape index (κ2) is 9.22. The zero-order valence-corrected chi connectivity index (χ0v) is 14.9. The van der Waals surface area contributed by atoms with Gasteiger partial charge >= 0.3 is 0 Å². The summed E-state index contributed by atoms with van der Waals surface area (Å²) in [6.07, 6.45) is 2.17. The van der Waals surface area contributed by atoms with E-state index < -0.39 is 15.9 Å². The van der Waals surface area contributed by atoms with Crippen molar-refractivity contribution in [1.82, 2.24) is 9.71 Å². The summed E-state index contributed by atoms with van der Waals surface area (Å²) in [7, 11) is -3.54. The Morgan fingerprint density at radius 3 is 2.77 bits per heavy atom. The van der Waals surface area contributed by atoms with Gasteiger partial charge in [0.25, 0.3) is 0 Å². The van der Waals surface area contributed by atoms with E-state index in [-0.39, 0.29) is 18.3 Å². The molecule has 0 radical (unpaired) electrons. The highest BCUT2D eigenvalue weighted by molar-refractivity contribution is 7.90. The minimum absolute atomic E-state index is 0.0176. The van der Waals surface area contributed by atoms with Crippen molar-refractivity contribution in [2.75, 3.05) is 12.4 Å². The van der Waals surface area contributed by atoms with Gasteiger partial charge in [-0.15, -0.1) is 11.3 Å². The van der Waals surface area contributed by atoms with Crippen LogP contribution in [0.15, 0.2) is 5.38 Å². The van der Waals surface area contributed by atoms with Crippen molar-refractivity contribution in [3.05, 3.63) is 16.1 Å². The highest BCUT2D eigenvalue weighted by Gasteiger charge is 2.17. The second-order valence-electron chi connectivity index (χ2n) is 5.00. The fourth-order valence-corrected chi connectivity index (χ4v) is 3.81. The van der Waals surface area contributed by atoms with Gasteiger partial charge in [0.1, 0.15) is 11.1 Å². The molecule has 1 heterocycles. The molecule has 6 nitrogen and oxygen atoms in total. The molecule has 0 saturated carbocycles. The number of thiazole rings is 1. The molecule has 0 saturated heterocycles. The summed E-state index contributed by atoms with van der Waals surface area (Å²) in [5, 5.41) is 2.55. The van der Waals surface area contributed by atoms with E-state index in [9.17, 15) is 13.2 Å². The van der Waals surface area contributed by atoms with Gasteiger partial charge in [0.05, 0.1) is 17.9 Å². The van der Waals surface area contributed by atoms with Crippen LogP contribution in [-0.4, -0.2) is 31.7 Å². The Balaban J connectivity index is 2.51. The van der Waals surface area contributed by atoms with E-state index in [0.717, 1.165) is 17.8 Å². The molecule has 8 heteroatoms. The van der Waals surface area contributed by atoms with Gasteiger partial charge in [0.15, 0.2) is 0 Å². The van der Waals surface area contributed by atoms with Crippen LogP contribution in [0.25, 0.3) is 0 Å². The third-order valence-electron chi connectivity index (χ3n) is 2.96. The highest BCUT2D eigenvalue weighted by Crippen LogP contribution is 2.21. The lowest BCUT2D eigenvalue weighted by Gasteiger charge is -2.07. The average Bonchev–Trinajstić information content (AvgIpc) is 2.86. The minimum Gasteiger partial charge on any atom is -0.372 e. The summed E-state index contributed by atoms with van der Waals surface area (Å²) in [5.41, 5.74) is 0.563. The lowest BCUT2D eigenvalue weighted by Crippen LogP contribution is -2.33. The first-order valence-corrected chi connectivity index (χ1v) is 10.00. The van der Waals surface area contributed by atoms with Crippen molar-refractivity contribution >= 4 is 27.3 Å². The van der Waals surface area contributed by atoms with Crippen molar-refractivity contribution in [1.29, 1.82) is 0 Å². The maximum Gasteiger partial charge on any atom is 0.239 e. The molecule has 0 fully saturated rings. The van der Waals surface area contributed by atoms with E-state index in [1.165, 1.54) is 11.3 Å². The van der Waals surface area contributed by atoms with Crippen LogP contribution in [0.4, 0.5) is 0 Å². The zero-order chi connectivity index (χ0) is 16.6. The highest BCUT2D eigenvalue weighted by atomic mass is 32.2. The van der Waals surface area contributed by atoms with Crippen LogP contribution >= 0.6 is 11.3 Å². The van der Waals surface area contributed by atoms with Crippen LogP contribution in [-0.2, 0) is 26.0 Å². The van der Waals surface area contributed by atoms with Crippen molar-refractivity contribution in [3.63, 3.8) is 0 Å². The number of ether oxygens (including phenoxy) is 1. The molecule has 0 aliphatic heterocycles. The van der Waals surface area contributed by atoms with Gasteiger partial charge in [-0.1, -0.05) is 19.8 Å². The Labute approximate surface area is 136 Å². The van der Waals surface area contributed by atoms with Crippen molar-refractivity contribution < 1.29 is 17.9 Å². The molecular formula is C14H24N2O4S2. The number of carbonyl (C=O) groups is 1. The predicted molar refractivity (Wildman–Crippen MR) is 87.3 cm³/mol. The summed E-state index contributed by atoms with van der Waals surface area (Å²) >= 11 is 1.41. The van der Waals surface area contributed by atoms with Gasteiger partial charge in [-0.2, -0.15) is 0 Å². The molecule has 22 heavy (non-hydrogen) atoms. The van der Waals surface area contributed by atoms with Crippen LogP contribution in [0.3, 0.4) is 0 Å². The summed E-state index contributed by atoms with van der Waals surface area (Å²) in [6, 6.07) is 0. The normalized spacial score (nSPS) is 13.0. The maximum absolute atomic E-state index is 11.8. The quantitative estimate of drug-likeness (QED) is 0.656. The van der Waals surface area contributed by atoms with Gasteiger partial charge in [-0.05, 0) is 20.3 Å². The molecular weight excluding hydrogens is 324 g/mol. The molecule has 1 aromatic rings. The summed E-state index contributed by atoms with van der Waals surface area (Å²) in [6.45, 7) is 6.38. The SMILES string of the molecule is CCCCCS(=O)(=O)NC(=O)Cc1csc([C@@H](C)OCC)n1. The lowest BCUT2D eigenvalue weighted by atomic mass is 10.3.